The largest absolute Gasteiger partial charge is 0.370 e. The second kappa shape index (κ2) is 4.92. The number of ether oxygens (including phenoxy) is 1. The quantitative estimate of drug-likeness (QED) is 0.811. The number of hydrogen-bond donors (Lipinski definition) is 0. The third-order valence-corrected chi connectivity index (χ3v) is 3.01. The summed E-state index contributed by atoms with van der Waals surface area (Å²) in [6.07, 6.45) is 0.443. The van der Waals surface area contributed by atoms with Crippen LogP contribution in [-0.2, 0) is 16.0 Å². The van der Waals surface area contributed by atoms with Gasteiger partial charge in [0.1, 0.15) is 17.7 Å². The van der Waals surface area contributed by atoms with Gasteiger partial charge in [0, 0.05) is 19.1 Å². The normalized spacial score (nSPS) is 23.9. The molecule has 0 saturated carbocycles. The first-order chi connectivity index (χ1) is 8.06. The highest BCUT2D eigenvalue weighted by molar-refractivity contribution is 5.85. The summed E-state index contributed by atoms with van der Waals surface area (Å²) in [4.78, 5) is 11.9. The Morgan fingerprint density at radius 1 is 1.35 bits per heavy atom. The van der Waals surface area contributed by atoms with Crippen LogP contribution in [0.25, 0.3) is 0 Å². The van der Waals surface area contributed by atoms with Gasteiger partial charge in [-0.3, -0.25) is 4.79 Å². The minimum absolute atomic E-state index is 0.0175. The fourth-order valence-corrected chi connectivity index (χ4v) is 2.12. The SMILES string of the molecule is CC1CCOC1C(=O)Cc1cc(F)cc(F)c1. The Morgan fingerprint density at radius 2 is 2.00 bits per heavy atom. The minimum atomic E-state index is -0.659. The number of halogens is 2. The molecule has 17 heavy (non-hydrogen) atoms. The second-order valence-corrected chi connectivity index (χ2v) is 4.48. The molecule has 1 aromatic carbocycles. The lowest BCUT2D eigenvalue weighted by Crippen LogP contribution is -2.26. The summed E-state index contributed by atoms with van der Waals surface area (Å²) in [7, 11) is 0. The van der Waals surface area contributed by atoms with E-state index in [1.54, 1.807) is 0 Å². The average Bonchev–Trinajstić information content (AvgIpc) is 2.62. The van der Waals surface area contributed by atoms with Crippen LogP contribution in [0, 0.1) is 17.6 Å². The van der Waals surface area contributed by atoms with Crippen LogP contribution in [0.2, 0.25) is 0 Å². The molecule has 0 N–H and O–H groups in total. The molecule has 1 aliphatic rings. The van der Waals surface area contributed by atoms with Crippen molar-refractivity contribution in [3.63, 3.8) is 0 Å². The summed E-state index contributed by atoms with van der Waals surface area (Å²) in [5.74, 6) is -1.25. The molecule has 0 radical (unpaired) electrons. The molecule has 2 unspecified atom stereocenters. The molecule has 0 amide bonds. The van der Waals surface area contributed by atoms with Gasteiger partial charge < -0.3 is 4.74 Å². The van der Waals surface area contributed by atoms with Crippen molar-refractivity contribution in [2.75, 3.05) is 6.61 Å². The van der Waals surface area contributed by atoms with E-state index in [2.05, 4.69) is 0 Å². The zero-order chi connectivity index (χ0) is 12.4. The van der Waals surface area contributed by atoms with Crippen LogP contribution in [0.15, 0.2) is 18.2 Å². The van der Waals surface area contributed by atoms with Crippen molar-refractivity contribution in [1.82, 2.24) is 0 Å². The summed E-state index contributed by atoms with van der Waals surface area (Å²) in [6, 6.07) is 3.16. The van der Waals surface area contributed by atoms with Gasteiger partial charge in [-0.05, 0) is 30.0 Å². The lowest BCUT2D eigenvalue weighted by molar-refractivity contribution is -0.128. The summed E-state index contributed by atoms with van der Waals surface area (Å²) in [6.45, 7) is 2.52. The van der Waals surface area contributed by atoms with E-state index in [0.29, 0.717) is 12.2 Å². The first kappa shape index (κ1) is 12.2. The van der Waals surface area contributed by atoms with Gasteiger partial charge in [0.25, 0.3) is 0 Å². The van der Waals surface area contributed by atoms with E-state index in [1.165, 1.54) is 12.1 Å². The van der Waals surface area contributed by atoms with Gasteiger partial charge in [-0.2, -0.15) is 0 Å². The Bertz CT molecular complexity index is 411. The number of hydrogen-bond acceptors (Lipinski definition) is 2. The van der Waals surface area contributed by atoms with Crippen molar-refractivity contribution in [3.8, 4) is 0 Å². The van der Waals surface area contributed by atoms with E-state index in [1.807, 2.05) is 6.92 Å². The fourth-order valence-electron chi connectivity index (χ4n) is 2.12. The molecule has 0 bridgehead atoms. The molecular formula is C13H14F2O2. The Kier molecular flexibility index (Phi) is 3.52. The molecule has 0 aliphatic carbocycles. The van der Waals surface area contributed by atoms with Crippen LogP contribution in [0.1, 0.15) is 18.9 Å². The maximum Gasteiger partial charge on any atom is 0.166 e. The predicted molar refractivity (Wildman–Crippen MR) is 58.6 cm³/mol. The van der Waals surface area contributed by atoms with Crippen molar-refractivity contribution >= 4 is 5.78 Å². The van der Waals surface area contributed by atoms with E-state index < -0.39 is 17.7 Å². The standard InChI is InChI=1S/C13H14F2O2/c1-8-2-3-17-13(8)12(16)6-9-4-10(14)7-11(15)5-9/h4-5,7-8,13H,2-3,6H2,1H3. The zero-order valence-electron chi connectivity index (χ0n) is 9.58. The summed E-state index contributed by atoms with van der Waals surface area (Å²) in [5, 5.41) is 0. The molecular weight excluding hydrogens is 226 g/mol. The molecule has 1 fully saturated rings. The van der Waals surface area contributed by atoms with Crippen LogP contribution in [0.3, 0.4) is 0 Å². The van der Waals surface area contributed by atoms with Crippen molar-refractivity contribution < 1.29 is 18.3 Å². The van der Waals surface area contributed by atoms with Crippen LogP contribution in [-0.4, -0.2) is 18.5 Å². The lowest BCUT2D eigenvalue weighted by atomic mass is 9.96. The summed E-state index contributed by atoms with van der Waals surface area (Å²) < 4.78 is 31.2. The highest BCUT2D eigenvalue weighted by Gasteiger charge is 2.30. The monoisotopic (exact) mass is 240 g/mol. The predicted octanol–water partition coefficient (Wildman–Crippen LogP) is 2.50. The molecule has 1 aliphatic heterocycles. The highest BCUT2D eigenvalue weighted by Crippen LogP contribution is 2.22. The molecule has 0 spiro atoms. The van der Waals surface area contributed by atoms with Gasteiger partial charge in [0.15, 0.2) is 5.78 Å². The molecule has 0 aromatic heterocycles. The molecule has 2 atom stereocenters. The minimum Gasteiger partial charge on any atom is -0.370 e. The Hall–Kier alpha value is -1.29. The van der Waals surface area contributed by atoms with Crippen molar-refractivity contribution in [2.45, 2.75) is 25.9 Å². The molecule has 1 heterocycles. The van der Waals surface area contributed by atoms with Gasteiger partial charge in [0.05, 0.1) is 0 Å². The van der Waals surface area contributed by atoms with Crippen molar-refractivity contribution in [2.24, 2.45) is 5.92 Å². The smallest absolute Gasteiger partial charge is 0.166 e. The highest BCUT2D eigenvalue weighted by atomic mass is 19.1. The number of rotatable bonds is 3. The number of carbonyl (C=O) groups excluding carboxylic acids is 1. The van der Waals surface area contributed by atoms with Crippen LogP contribution in [0.5, 0.6) is 0 Å². The summed E-state index contributed by atoms with van der Waals surface area (Å²) in [5.41, 5.74) is 0.357. The van der Waals surface area contributed by atoms with Gasteiger partial charge in [-0.25, -0.2) is 8.78 Å². The van der Waals surface area contributed by atoms with Gasteiger partial charge in [-0.1, -0.05) is 6.92 Å². The van der Waals surface area contributed by atoms with E-state index >= 15 is 0 Å². The first-order valence-electron chi connectivity index (χ1n) is 5.65. The van der Waals surface area contributed by atoms with Crippen molar-refractivity contribution in [3.05, 3.63) is 35.4 Å². The number of Topliss-reactive ketones (excluding diaryl/α,β-unsaturated/α-hetero) is 1. The molecule has 1 aromatic rings. The second-order valence-electron chi connectivity index (χ2n) is 4.48. The van der Waals surface area contributed by atoms with Gasteiger partial charge in [0.2, 0.25) is 0 Å². The molecule has 1 saturated heterocycles. The van der Waals surface area contributed by atoms with Gasteiger partial charge >= 0.3 is 0 Å². The average molecular weight is 240 g/mol. The number of carbonyl (C=O) groups is 1. The van der Waals surface area contributed by atoms with E-state index in [0.717, 1.165) is 12.5 Å². The van der Waals surface area contributed by atoms with E-state index in [4.69, 9.17) is 4.74 Å². The third kappa shape index (κ3) is 2.88. The third-order valence-electron chi connectivity index (χ3n) is 3.01. The van der Waals surface area contributed by atoms with Crippen molar-refractivity contribution in [1.29, 1.82) is 0 Å². The summed E-state index contributed by atoms with van der Waals surface area (Å²) >= 11 is 0. The Balaban J connectivity index is 2.07. The first-order valence-corrected chi connectivity index (χ1v) is 5.65. The Morgan fingerprint density at radius 3 is 2.53 bits per heavy atom. The van der Waals surface area contributed by atoms with E-state index in [-0.39, 0.29) is 18.1 Å². The molecule has 92 valence electrons. The van der Waals surface area contributed by atoms with E-state index in [9.17, 15) is 13.6 Å². The molecule has 4 heteroatoms. The lowest BCUT2D eigenvalue weighted by Gasteiger charge is -2.13. The van der Waals surface area contributed by atoms with Crippen LogP contribution < -0.4 is 0 Å². The fraction of sp³-hybridized carbons (Fsp3) is 0.462. The van der Waals surface area contributed by atoms with Crippen LogP contribution >= 0.6 is 0 Å². The van der Waals surface area contributed by atoms with Gasteiger partial charge in [-0.15, -0.1) is 0 Å². The maximum absolute atomic E-state index is 12.9. The zero-order valence-corrected chi connectivity index (χ0v) is 9.58. The molecule has 2 rings (SSSR count). The van der Waals surface area contributed by atoms with Crippen LogP contribution in [0.4, 0.5) is 8.78 Å². The number of benzene rings is 1. The Labute approximate surface area is 98.6 Å². The number of ketones is 1. The molecule has 2 nitrogen and oxygen atoms in total. The maximum atomic E-state index is 12.9. The topological polar surface area (TPSA) is 26.3 Å².